The van der Waals surface area contributed by atoms with Gasteiger partial charge in [-0.3, -0.25) is 4.79 Å². The van der Waals surface area contributed by atoms with Gasteiger partial charge in [0.25, 0.3) is 0 Å². The minimum atomic E-state index is 0.0465. The fourth-order valence-corrected chi connectivity index (χ4v) is 5.11. The van der Waals surface area contributed by atoms with Crippen LogP contribution in [0.2, 0.25) is 0 Å². The van der Waals surface area contributed by atoms with Gasteiger partial charge in [-0.15, -0.1) is 11.8 Å². The van der Waals surface area contributed by atoms with E-state index in [1.54, 1.807) is 7.11 Å². The van der Waals surface area contributed by atoms with E-state index < -0.39 is 0 Å². The van der Waals surface area contributed by atoms with Crippen molar-refractivity contribution >= 4 is 17.7 Å². The van der Waals surface area contributed by atoms with E-state index >= 15 is 0 Å². The summed E-state index contributed by atoms with van der Waals surface area (Å²) in [5.41, 5.74) is 2.21. The molecule has 30 heavy (non-hydrogen) atoms. The van der Waals surface area contributed by atoms with Gasteiger partial charge in [0.15, 0.2) is 11.5 Å². The Morgan fingerprint density at radius 1 is 1.17 bits per heavy atom. The first kappa shape index (κ1) is 22.5. The van der Waals surface area contributed by atoms with Crippen LogP contribution < -0.4 is 9.47 Å². The zero-order chi connectivity index (χ0) is 21.3. The van der Waals surface area contributed by atoms with Crippen molar-refractivity contribution in [3.8, 4) is 11.5 Å². The van der Waals surface area contributed by atoms with E-state index in [1.165, 1.54) is 0 Å². The minimum Gasteiger partial charge on any atom is -0.493 e. The van der Waals surface area contributed by atoms with Crippen molar-refractivity contribution in [2.24, 2.45) is 5.92 Å². The Morgan fingerprint density at radius 2 is 1.97 bits per heavy atom. The lowest BCUT2D eigenvalue weighted by Crippen LogP contribution is -2.35. The maximum atomic E-state index is 13.2. The van der Waals surface area contributed by atoms with Crippen molar-refractivity contribution in [2.45, 2.75) is 51.5 Å². The molecular weight excluding hydrogens is 394 g/mol. The maximum Gasteiger partial charge on any atom is 0.226 e. The summed E-state index contributed by atoms with van der Waals surface area (Å²) in [4.78, 5) is 15.3. The number of hydrogen-bond acceptors (Lipinski definition) is 4. The lowest BCUT2D eigenvalue weighted by molar-refractivity contribution is -0.136. The van der Waals surface area contributed by atoms with Crippen molar-refractivity contribution < 1.29 is 14.3 Å². The van der Waals surface area contributed by atoms with Crippen LogP contribution in [0.5, 0.6) is 11.5 Å². The summed E-state index contributed by atoms with van der Waals surface area (Å²) in [5.74, 6) is 2.82. The summed E-state index contributed by atoms with van der Waals surface area (Å²) in [6, 6.07) is 16.2. The van der Waals surface area contributed by atoms with Gasteiger partial charge in [-0.05, 0) is 36.1 Å². The fraction of sp³-hybridized carbons (Fsp3) is 0.480. The maximum absolute atomic E-state index is 13.2. The molecule has 1 amide bonds. The standard InChI is InChI=1S/C25H33NO3S/c1-4-6-12-20(5-2)24(27)26-15-16-30-25(26)21-13-14-22(23(17-21)28-3)29-18-19-10-8-7-9-11-19/h7-11,13-14,17,20,25H,4-6,12,15-16,18H2,1-3H3/t20-,25+/m1/s1. The lowest BCUT2D eigenvalue weighted by atomic mass is 9.97. The molecule has 3 rings (SSSR count). The number of methoxy groups -OCH3 is 1. The smallest absolute Gasteiger partial charge is 0.226 e. The number of amides is 1. The topological polar surface area (TPSA) is 38.8 Å². The molecule has 0 aliphatic carbocycles. The third-order valence-electron chi connectivity index (χ3n) is 5.63. The number of rotatable bonds is 10. The predicted molar refractivity (Wildman–Crippen MR) is 124 cm³/mol. The van der Waals surface area contributed by atoms with E-state index in [9.17, 15) is 4.79 Å². The van der Waals surface area contributed by atoms with Gasteiger partial charge in [0, 0.05) is 18.2 Å². The van der Waals surface area contributed by atoms with E-state index in [2.05, 4.69) is 24.8 Å². The van der Waals surface area contributed by atoms with E-state index in [0.29, 0.717) is 18.3 Å². The molecule has 1 saturated heterocycles. The highest BCUT2D eigenvalue weighted by Crippen LogP contribution is 2.42. The third-order valence-corrected chi connectivity index (χ3v) is 6.89. The summed E-state index contributed by atoms with van der Waals surface area (Å²) in [7, 11) is 1.66. The van der Waals surface area contributed by atoms with E-state index in [-0.39, 0.29) is 11.3 Å². The molecule has 0 radical (unpaired) electrons. The molecule has 2 atom stereocenters. The zero-order valence-electron chi connectivity index (χ0n) is 18.3. The molecule has 5 heteroatoms. The molecule has 0 unspecified atom stereocenters. The van der Waals surface area contributed by atoms with Gasteiger partial charge in [0.2, 0.25) is 5.91 Å². The molecule has 2 aromatic carbocycles. The summed E-state index contributed by atoms with van der Waals surface area (Å²) in [6.07, 6.45) is 4.12. The Labute approximate surface area is 184 Å². The first-order chi connectivity index (χ1) is 14.7. The average molecular weight is 428 g/mol. The van der Waals surface area contributed by atoms with Crippen LogP contribution in [0, 0.1) is 5.92 Å². The van der Waals surface area contributed by atoms with Crippen LogP contribution in [-0.2, 0) is 11.4 Å². The Morgan fingerprint density at radius 3 is 2.67 bits per heavy atom. The van der Waals surface area contributed by atoms with Crippen molar-refractivity contribution in [2.75, 3.05) is 19.4 Å². The van der Waals surface area contributed by atoms with Crippen molar-refractivity contribution in [3.63, 3.8) is 0 Å². The molecule has 1 aliphatic heterocycles. The second-order valence-electron chi connectivity index (χ2n) is 7.69. The Bertz CT molecular complexity index is 811. The molecule has 0 spiro atoms. The summed E-state index contributed by atoms with van der Waals surface area (Å²) in [5, 5.41) is 0.0465. The lowest BCUT2D eigenvalue weighted by Gasteiger charge is -2.28. The van der Waals surface area contributed by atoms with Crippen LogP contribution in [-0.4, -0.2) is 30.2 Å². The highest BCUT2D eigenvalue weighted by atomic mass is 32.2. The Balaban J connectivity index is 1.73. The zero-order valence-corrected chi connectivity index (χ0v) is 19.1. The molecule has 0 saturated carbocycles. The van der Waals surface area contributed by atoms with Crippen LogP contribution >= 0.6 is 11.8 Å². The largest absolute Gasteiger partial charge is 0.493 e. The first-order valence-corrected chi connectivity index (χ1v) is 12.0. The molecule has 162 valence electrons. The number of unbranched alkanes of at least 4 members (excludes halogenated alkanes) is 1. The van der Waals surface area contributed by atoms with Gasteiger partial charge >= 0.3 is 0 Å². The fourth-order valence-electron chi connectivity index (χ4n) is 3.85. The molecule has 0 bridgehead atoms. The highest BCUT2D eigenvalue weighted by Gasteiger charge is 2.34. The molecular formula is C25H33NO3S. The van der Waals surface area contributed by atoms with Gasteiger partial charge in [0.1, 0.15) is 12.0 Å². The summed E-state index contributed by atoms with van der Waals surface area (Å²) in [6.45, 7) is 5.61. The molecule has 0 N–H and O–H groups in total. The molecule has 4 nitrogen and oxygen atoms in total. The SMILES string of the molecule is CCCC[C@@H](CC)C(=O)N1CCS[C@H]1c1ccc(OCc2ccccc2)c(OC)c1. The van der Waals surface area contributed by atoms with Crippen LogP contribution in [0.25, 0.3) is 0 Å². The number of thioether (sulfide) groups is 1. The number of carbonyl (C=O) groups is 1. The normalized spacial score (nSPS) is 17.0. The van der Waals surface area contributed by atoms with Gasteiger partial charge in [-0.1, -0.05) is 63.1 Å². The molecule has 1 aliphatic rings. The van der Waals surface area contributed by atoms with Crippen molar-refractivity contribution in [1.82, 2.24) is 4.90 Å². The van der Waals surface area contributed by atoms with Gasteiger partial charge in [0.05, 0.1) is 7.11 Å². The molecule has 1 heterocycles. The van der Waals surface area contributed by atoms with Crippen LogP contribution in [0.1, 0.15) is 56.0 Å². The van der Waals surface area contributed by atoms with Crippen molar-refractivity contribution in [3.05, 3.63) is 59.7 Å². The number of hydrogen-bond donors (Lipinski definition) is 0. The van der Waals surface area contributed by atoms with Gasteiger partial charge in [-0.25, -0.2) is 0 Å². The average Bonchev–Trinajstić information content (AvgIpc) is 3.28. The number of nitrogens with zero attached hydrogens (tertiary/aromatic N) is 1. The summed E-state index contributed by atoms with van der Waals surface area (Å²) >= 11 is 1.83. The van der Waals surface area contributed by atoms with Crippen molar-refractivity contribution in [1.29, 1.82) is 0 Å². The third kappa shape index (κ3) is 5.51. The monoisotopic (exact) mass is 427 g/mol. The van der Waals surface area contributed by atoms with E-state index in [4.69, 9.17) is 9.47 Å². The molecule has 1 fully saturated rings. The van der Waals surface area contributed by atoms with E-state index in [0.717, 1.165) is 54.9 Å². The molecule has 0 aromatic heterocycles. The number of carbonyl (C=O) groups excluding carboxylic acids is 1. The first-order valence-electron chi connectivity index (χ1n) is 10.9. The quantitative estimate of drug-likeness (QED) is 0.462. The summed E-state index contributed by atoms with van der Waals surface area (Å²) < 4.78 is 11.6. The highest BCUT2D eigenvalue weighted by molar-refractivity contribution is 7.99. The number of ether oxygens (including phenoxy) is 2. The van der Waals surface area contributed by atoms with Crippen LogP contribution in [0.3, 0.4) is 0 Å². The second kappa shape index (κ2) is 11.3. The van der Waals surface area contributed by atoms with Gasteiger partial charge in [-0.2, -0.15) is 0 Å². The second-order valence-corrected chi connectivity index (χ2v) is 8.87. The number of benzene rings is 2. The van der Waals surface area contributed by atoms with Crippen LogP contribution in [0.4, 0.5) is 0 Å². The Hall–Kier alpha value is -2.14. The molecule has 2 aromatic rings. The van der Waals surface area contributed by atoms with Crippen LogP contribution in [0.15, 0.2) is 48.5 Å². The Kier molecular flexibility index (Phi) is 8.50. The van der Waals surface area contributed by atoms with E-state index in [1.807, 2.05) is 54.2 Å². The minimum absolute atomic E-state index is 0.0465. The van der Waals surface area contributed by atoms with Gasteiger partial charge < -0.3 is 14.4 Å². The predicted octanol–water partition coefficient (Wildman–Crippen LogP) is 6.06.